The molecule has 4 heteroatoms. The molecule has 0 aromatic rings. The van der Waals surface area contributed by atoms with Gasteiger partial charge in [-0.15, -0.1) is 0 Å². The van der Waals surface area contributed by atoms with Gasteiger partial charge in [0, 0.05) is 32.3 Å². The molecule has 0 amide bonds. The van der Waals surface area contributed by atoms with Crippen molar-refractivity contribution in [1.82, 2.24) is 10.2 Å². The molecule has 2 N–H and O–H groups in total. The van der Waals surface area contributed by atoms with Gasteiger partial charge in [0.1, 0.15) is 0 Å². The summed E-state index contributed by atoms with van der Waals surface area (Å²) >= 11 is 0. The van der Waals surface area contributed by atoms with Gasteiger partial charge in [0.25, 0.3) is 0 Å². The topological polar surface area (TPSA) is 44.7 Å². The van der Waals surface area contributed by atoms with Crippen LogP contribution >= 0.6 is 0 Å². The predicted octanol–water partition coefficient (Wildman–Crippen LogP) is 1.24. The van der Waals surface area contributed by atoms with Crippen LogP contribution in [-0.4, -0.2) is 61.5 Å². The third-order valence-corrected chi connectivity index (χ3v) is 3.57. The third kappa shape index (κ3) is 6.14. The second-order valence-electron chi connectivity index (χ2n) is 5.15. The van der Waals surface area contributed by atoms with Gasteiger partial charge >= 0.3 is 0 Å². The van der Waals surface area contributed by atoms with Crippen molar-refractivity contribution < 1.29 is 9.84 Å². The Labute approximate surface area is 112 Å². The monoisotopic (exact) mass is 258 g/mol. The Kier molecular flexibility index (Phi) is 8.59. The van der Waals surface area contributed by atoms with Gasteiger partial charge in [0.2, 0.25) is 0 Å². The van der Waals surface area contributed by atoms with Gasteiger partial charge in [-0.1, -0.05) is 13.8 Å². The Bertz CT molecular complexity index is 196. The van der Waals surface area contributed by atoms with E-state index in [1.165, 1.54) is 12.8 Å². The molecule has 108 valence electrons. The molecule has 1 fully saturated rings. The zero-order valence-electron chi connectivity index (χ0n) is 12.0. The summed E-state index contributed by atoms with van der Waals surface area (Å²) in [5, 5.41) is 12.6. The molecule has 0 saturated carbocycles. The van der Waals surface area contributed by atoms with E-state index in [2.05, 4.69) is 24.1 Å². The minimum absolute atomic E-state index is 0.263. The van der Waals surface area contributed by atoms with E-state index in [0.29, 0.717) is 12.1 Å². The van der Waals surface area contributed by atoms with E-state index in [1.807, 2.05) is 0 Å². The van der Waals surface area contributed by atoms with Crippen LogP contribution in [-0.2, 0) is 4.74 Å². The fraction of sp³-hybridized carbons (Fsp3) is 1.00. The third-order valence-electron chi connectivity index (χ3n) is 3.57. The van der Waals surface area contributed by atoms with Crippen LogP contribution < -0.4 is 5.32 Å². The van der Waals surface area contributed by atoms with E-state index in [-0.39, 0.29) is 6.61 Å². The fourth-order valence-electron chi connectivity index (χ4n) is 2.48. The van der Waals surface area contributed by atoms with E-state index in [0.717, 1.165) is 45.6 Å². The SMILES string of the molecule is CCCNC(CCO)CN(CC)CC1CCCO1. The molecule has 0 aliphatic carbocycles. The van der Waals surface area contributed by atoms with Crippen LogP contribution in [0, 0.1) is 0 Å². The van der Waals surface area contributed by atoms with Crippen LogP contribution in [0.1, 0.15) is 39.5 Å². The lowest BCUT2D eigenvalue weighted by molar-refractivity contribution is 0.0702. The standard InChI is InChI=1S/C14H30N2O2/c1-3-8-15-13(7-9-17)11-16(4-2)12-14-6-5-10-18-14/h13-15,17H,3-12H2,1-2H3. The van der Waals surface area contributed by atoms with E-state index in [9.17, 15) is 0 Å². The Morgan fingerprint density at radius 1 is 1.44 bits per heavy atom. The van der Waals surface area contributed by atoms with Crippen LogP contribution in [0.2, 0.25) is 0 Å². The molecule has 0 aromatic carbocycles. The Morgan fingerprint density at radius 2 is 2.28 bits per heavy atom. The van der Waals surface area contributed by atoms with Crippen LogP contribution in [0.4, 0.5) is 0 Å². The number of hydrogen-bond acceptors (Lipinski definition) is 4. The van der Waals surface area contributed by atoms with Gasteiger partial charge in [-0.05, 0) is 38.8 Å². The number of likely N-dealkylation sites (N-methyl/N-ethyl adjacent to an activating group) is 1. The summed E-state index contributed by atoms with van der Waals surface area (Å²) in [7, 11) is 0. The highest BCUT2D eigenvalue weighted by molar-refractivity contribution is 4.75. The van der Waals surface area contributed by atoms with E-state index in [1.54, 1.807) is 0 Å². The average molecular weight is 258 g/mol. The number of ether oxygens (including phenoxy) is 1. The molecule has 0 radical (unpaired) electrons. The van der Waals surface area contributed by atoms with Crippen molar-refractivity contribution in [2.75, 3.05) is 39.4 Å². The molecule has 0 aromatic heterocycles. The van der Waals surface area contributed by atoms with Gasteiger partial charge in [-0.25, -0.2) is 0 Å². The number of aliphatic hydroxyl groups excluding tert-OH is 1. The Hall–Kier alpha value is -0.160. The second-order valence-corrected chi connectivity index (χ2v) is 5.15. The summed E-state index contributed by atoms with van der Waals surface area (Å²) in [6.07, 6.45) is 4.80. The fourth-order valence-corrected chi connectivity index (χ4v) is 2.48. The van der Waals surface area contributed by atoms with Crippen molar-refractivity contribution in [3.05, 3.63) is 0 Å². The first-order chi connectivity index (χ1) is 8.80. The summed E-state index contributed by atoms with van der Waals surface area (Å²) in [5.74, 6) is 0. The summed E-state index contributed by atoms with van der Waals surface area (Å²) in [6, 6.07) is 0.399. The highest BCUT2D eigenvalue weighted by atomic mass is 16.5. The number of hydrogen-bond donors (Lipinski definition) is 2. The average Bonchev–Trinajstić information content (AvgIpc) is 2.88. The molecule has 18 heavy (non-hydrogen) atoms. The second kappa shape index (κ2) is 9.73. The number of rotatable bonds is 10. The van der Waals surface area contributed by atoms with Crippen molar-refractivity contribution in [2.24, 2.45) is 0 Å². The molecule has 1 heterocycles. The van der Waals surface area contributed by atoms with Crippen LogP contribution in [0.5, 0.6) is 0 Å². The minimum atomic E-state index is 0.263. The van der Waals surface area contributed by atoms with E-state index < -0.39 is 0 Å². The molecule has 1 rings (SSSR count). The molecule has 0 bridgehead atoms. The molecule has 4 nitrogen and oxygen atoms in total. The molecule has 0 spiro atoms. The lowest BCUT2D eigenvalue weighted by Crippen LogP contribution is -2.44. The maximum absolute atomic E-state index is 9.12. The summed E-state index contributed by atoms with van der Waals surface area (Å²) in [5.41, 5.74) is 0. The summed E-state index contributed by atoms with van der Waals surface area (Å²) < 4.78 is 5.70. The zero-order valence-corrected chi connectivity index (χ0v) is 12.0. The summed E-state index contributed by atoms with van der Waals surface area (Å²) in [4.78, 5) is 2.44. The zero-order chi connectivity index (χ0) is 13.2. The lowest BCUT2D eigenvalue weighted by Gasteiger charge is -2.28. The van der Waals surface area contributed by atoms with Crippen molar-refractivity contribution in [3.8, 4) is 0 Å². The van der Waals surface area contributed by atoms with Crippen LogP contribution in [0.15, 0.2) is 0 Å². The minimum Gasteiger partial charge on any atom is -0.396 e. The summed E-state index contributed by atoms with van der Waals surface area (Å²) in [6.45, 7) is 9.69. The highest BCUT2D eigenvalue weighted by Crippen LogP contribution is 2.13. The number of aliphatic hydroxyl groups is 1. The van der Waals surface area contributed by atoms with Gasteiger partial charge < -0.3 is 15.2 Å². The smallest absolute Gasteiger partial charge is 0.0702 e. The van der Waals surface area contributed by atoms with Crippen molar-refractivity contribution in [3.63, 3.8) is 0 Å². The maximum Gasteiger partial charge on any atom is 0.0702 e. The molecular weight excluding hydrogens is 228 g/mol. The molecular formula is C14H30N2O2. The van der Waals surface area contributed by atoms with Gasteiger partial charge in [0.15, 0.2) is 0 Å². The Balaban J connectivity index is 2.31. The number of nitrogens with zero attached hydrogens (tertiary/aromatic N) is 1. The van der Waals surface area contributed by atoms with Crippen LogP contribution in [0.3, 0.4) is 0 Å². The highest BCUT2D eigenvalue weighted by Gasteiger charge is 2.20. The van der Waals surface area contributed by atoms with Gasteiger partial charge in [-0.3, -0.25) is 4.90 Å². The maximum atomic E-state index is 9.12. The predicted molar refractivity (Wildman–Crippen MR) is 74.9 cm³/mol. The molecule has 1 aliphatic heterocycles. The quantitative estimate of drug-likeness (QED) is 0.619. The first kappa shape index (κ1) is 15.9. The molecule has 1 aliphatic rings. The molecule has 2 unspecified atom stereocenters. The van der Waals surface area contributed by atoms with E-state index >= 15 is 0 Å². The Morgan fingerprint density at radius 3 is 2.83 bits per heavy atom. The first-order valence-electron chi connectivity index (χ1n) is 7.48. The van der Waals surface area contributed by atoms with Crippen molar-refractivity contribution in [1.29, 1.82) is 0 Å². The molecule has 2 atom stereocenters. The van der Waals surface area contributed by atoms with Crippen molar-refractivity contribution >= 4 is 0 Å². The first-order valence-corrected chi connectivity index (χ1v) is 7.48. The van der Waals surface area contributed by atoms with Gasteiger partial charge in [0.05, 0.1) is 6.10 Å². The van der Waals surface area contributed by atoms with Crippen LogP contribution in [0.25, 0.3) is 0 Å². The largest absolute Gasteiger partial charge is 0.396 e. The van der Waals surface area contributed by atoms with Crippen molar-refractivity contribution in [2.45, 2.75) is 51.7 Å². The van der Waals surface area contributed by atoms with Gasteiger partial charge in [-0.2, -0.15) is 0 Å². The number of nitrogens with one attached hydrogen (secondary N) is 1. The molecule has 1 saturated heterocycles. The normalized spacial score (nSPS) is 21.7. The van der Waals surface area contributed by atoms with E-state index in [4.69, 9.17) is 9.84 Å². The lowest BCUT2D eigenvalue weighted by atomic mass is 10.1.